The third-order valence-corrected chi connectivity index (χ3v) is 16.1. The van der Waals surface area contributed by atoms with E-state index in [1.807, 2.05) is 135 Å². The molecule has 412 valence electrons. The number of fused-ring (bicyclic) bond motifs is 5. The van der Waals surface area contributed by atoms with Crippen LogP contribution >= 0.6 is 0 Å². The van der Waals surface area contributed by atoms with Crippen molar-refractivity contribution in [3.63, 3.8) is 0 Å². The van der Waals surface area contributed by atoms with Crippen molar-refractivity contribution >= 4 is 44.6 Å². The van der Waals surface area contributed by atoms with Crippen LogP contribution in [0, 0.1) is 24.7 Å². The molecule has 82 heavy (non-hydrogen) atoms. The number of nitrogens with zero attached hydrogens (tertiary/aromatic N) is 4. The van der Waals surface area contributed by atoms with E-state index in [1.54, 1.807) is 29.0 Å². The SMILES string of the molecule is [2H]c1c([2H])c([2H])c(-c2cc(-c3ccccc3)cc(-c3cc(C([2H])([2H])C(C)C)cc(-c4ccc5c(c4)C(C)(C)CCC5(C)C)c3N3[CH-]N(c4[c-]c(Oc5[c-]c6c(cc5)c5c([2H])c([2H])c([2H])c([2H])c5n6-c5cc(C(C)(C)C)ccn5)ccc4)c4ccccc43)c2)c([2H])c1[2H].[Pt]. The minimum Gasteiger partial charge on any atom is -0.509 e. The van der Waals surface area contributed by atoms with Gasteiger partial charge in [0, 0.05) is 75.2 Å². The molecule has 1 aliphatic heterocycles. The molecule has 9 aromatic carbocycles. The molecular formula is C76H69N4OPt-3. The van der Waals surface area contributed by atoms with Gasteiger partial charge in [-0.2, -0.15) is 12.1 Å². The minimum absolute atomic E-state index is 0. The summed E-state index contributed by atoms with van der Waals surface area (Å²) < 4.78 is 109. The largest absolute Gasteiger partial charge is 0.509 e. The first-order chi connectivity index (χ1) is 43.5. The van der Waals surface area contributed by atoms with Crippen LogP contribution in [0.15, 0.2) is 206 Å². The Morgan fingerprint density at radius 1 is 0.610 bits per heavy atom. The number of pyridine rings is 1. The van der Waals surface area contributed by atoms with E-state index in [2.05, 4.69) is 83.7 Å². The maximum atomic E-state index is 9.88. The van der Waals surface area contributed by atoms with Crippen molar-refractivity contribution < 1.29 is 40.9 Å². The molecule has 0 fully saturated rings. The summed E-state index contributed by atoms with van der Waals surface area (Å²) in [4.78, 5) is 8.93. The number of hydrogen-bond acceptors (Lipinski definition) is 4. The average Bonchev–Trinajstić information content (AvgIpc) is 1.69. The number of hydrogen-bond donors (Lipinski definition) is 0. The normalized spacial score (nSPS) is 16.5. The van der Waals surface area contributed by atoms with E-state index in [1.165, 1.54) is 11.1 Å². The number of anilines is 4. The maximum absolute atomic E-state index is 9.88. The Balaban J connectivity index is 0.00000832. The number of benzene rings is 9. The summed E-state index contributed by atoms with van der Waals surface area (Å²) in [6, 6.07) is 51.1. The standard InChI is InChI=1S/C76H69N4O.Pt/c1-50(2)39-51-40-64(54-31-34-66-67(45-54)76(8,9)37-36-75(66,6)7)73(65(41-51)57-43-55(52-21-12-10-13-22-52)42-56(44-57)53-23-14-11-15-24-53)79-49-78(69-29-18-19-30-70(69)79)59-25-20-26-60(47-59)81-61-32-33-63-62-27-16-17-28-68(62)80(71(63)48-61)72-46-58(35-38-77-72)74(3,4)5;/h10-35,38,40-46,49-50H,36-37,39H2,1-9H3;/q-3;/i10D,12D,13D,16D,17D,21D,22D,27D,28D,39D2;. The second-order valence-electron chi connectivity index (χ2n) is 24.1. The van der Waals surface area contributed by atoms with Crippen molar-refractivity contribution in [3.8, 4) is 61.8 Å². The van der Waals surface area contributed by atoms with Crippen LogP contribution in [0.1, 0.15) is 112 Å². The second-order valence-corrected chi connectivity index (χ2v) is 24.1. The van der Waals surface area contributed by atoms with Crippen LogP contribution in [0.2, 0.25) is 0 Å². The first kappa shape index (κ1) is 42.8. The molecule has 5 nitrogen and oxygen atoms in total. The van der Waals surface area contributed by atoms with E-state index < -0.39 is 30.4 Å². The van der Waals surface area contributed by atoms with Crippen LogP contribution in [0.3, 0.4) is 0 Å². The van der Waals surface area contributed by atoms with Crippen molar-refractivity contribution in [3.05, 3.63) is 247 Å². The summed E-state index contributed by atoms with van der Waals surface area (Å²) >= 11 is 0. The molecule has 6 heteroatoms. The van der Waals surface area contributed by atoms with Crippen molar-refractivity contribution in [2.75, 3.05) is 9.80 Å². The molecule has 0 saturated carbocycles. The van der Waals surface area contributed by atoms with Gasteiger partial charge in [-0.3, -0.25) is 0 Å². The molecule has 0 saturated heterocycles. The second kappa shape index (κ2) is 21.4. The van der Waals surface area contributed by atoms with Crippen molar-refractivity contribution in [2.45, 2.75) is 97.8 Å². The van der Waals surface area contributed by atoms with Crippen molar-refractivity contribution in [1.82, 2.24) is 9.55 Å². The van der Waals surface area contributed by atoms with Gasteiger partial charge in [0.2, 0.25) is 0 Å². The third kappa shape index (κ3) is 10.2. The molecule has 0 spiro atoms. The van der Waals surface area contributed by atoms with E-state index in [0.29, 0.717) is 67.2 Å². The molecule has 3 heterocycles. The summed E-state index contributed by atoms with van der Waals surface area (Å²) in [5.41, 5.74) is 11.9. The summed E-state index contributed by atoms with van der Waals surface area (Å²) in [6.45, 7) is 21.3. The minimum atomic E-state index is -1.85. The molecule has 13 rings (SSSR count). The Morgan fingerprint density at radius 2 is 1.27 bits per heavy atom. The molecule has 0 unspecified atom stereocenters. The number of rotatable bonds is 11. The molecular weight excluding hydrogens is 1180 g/mol. The third-order valence-electron chi connectivity index (χ3n) is 16.1. The maximum Gasteiger partial charge on any atom is 0.135 e. The van der Waals surface area contributed by atoms with Gasteiger partial charge in [-0.05, 0) is 163 Å². The monoisotopic (exact) mass is 1260 g/mol. The van der Waals surface area contributed by atoms with Gasteiger partial charge in [-0.15, -0.1) is 48.1 Å². The smallest absolute Gasteiger partial charge is 0.135 e. The summed E-state index contributed by atoms with van der Waals surface area (Å²) in [5, 5.41) is 0.894. The van der Waals surface area contributed by atoms with Crippen LogP contribution < -0.4 is 14.5 Å². The summed E-state index contributed by atoms with van der Waals surface area (Å²) in [5.74, 6) is 0.663. The number of para-hydroxylation sites is 3. The fraction of sp³-hybridized carbons (Fsp3) is 0.211. The van der Waals surface area contributed by atoms with Gasteiger partial charge in [-0.1, -0.05) is 177 Å². The topological polar surface area (TPSA) is 33.5 Å². The predicted molar refractivity (Wildman–Crippen MR) is 338 cm³/mol. The Kier molecular flexibility index (Phi) is 11.2. The Hall–Kier alpha value is -7.98. The molecule has 2 aromatic heterocycles. The molecule has 11 aromatic rings. The van der Waals surface area contributed by atoms with Crippen molar-refractivity contribution in [2.24, 2.45) is 5.92 Å². The fourth-order valence-corrected chi connectivity index (χ4v) is 11.8. The van der Waals surface area contributed by atoms with Gasteiger partial charge in [0.25, 0.3) is 0 Å². The van der Waals surface area contributed by atoms with E-state index in [0.717, 1.165) is 52.0 Å². The van der Waals surface area contributed by atoms with Crippen LogP contribution in [0.5, 0.6) is 11.5 Å². The van der Waals surface area contributed by atoms with Gasteiger partial charge in [0.1, 0.15) is 5.82 Å². The van der Waals surface area contributed by atoms with Gasteiger partial charge >= 0.3 is 0 Å². The molecule has 0 N–H and O–H groups in total. The average molecular weight is 1260 g/mol. The van der Waals surface area contributed by atoms with Crippen LogP contribution in [-0.4, -0.2) is 9.55 Å². The van der Waals surface area contributed by atoms with E-state index in [4.69, 9.17) is 17.9 Å². The Bertz CT molecular complexity index is 4810. The quantitative estimate of drug-likeness (QED) is 0.121. The zero-order chi connectivity index (χ0) is 65.4. The van der Waals surface area contributed by atoms with Crippen molar-refractivity contribution in [1.29, 1.82) is 0 Å². The van der Waals surface area contributed by atoms with Gasteiger partial charge in [-0.25, -0.2) is 4.98 Å². The summed E-state index contributed by atoms with van der Waals surface area (Å²) in [7, 11) is 0. The Morgan fingerprint density at radius 3 is 2.01 bits per heavy atom. The van der Waals surface area contributed by atoms with Gasteiger partial charge in [0.05, 0.1) is 12.3 Å². The summed E-state index contributed by atoms with van der Waals surface area (Å²) in [6.07, 6.45) is 1.85. The molecule has 0 amide bonds. The van der Waals surface area contributed by atoms with Crippen LogP contribution in [-0.2, 0) is 43.7 Å². The molecule has 2 aliphatic rings. The molecule has 0 bridgehead atoms. The zero-order valence-electron chi connectivity index (χ0n) is 58.5. The van der Waals surface area contributed by atoms with Crippen LogP contribution in [0.25, 0.3) is 72.1 Å². The number of aromatic nitrogens is 2. The zero-order valence-corrected chi connectivity index (χ0v) is 49.8. The van der Waals surface area contributed by atoms with Gasteiger partial charge in [0.15, 0.2) is 0 Å². The van der Waals surface area contributed by atoms with E-state index in [-0.39, 0.29) is 84.6 Å². The van der Waals surface area contributed by atoms with Gasteiger partial charge < -0.3 is 19.1 Å². The fourth-order valence-electron chi connectivity index (χ4n) is 11.8. The van der Waals surface area contributed by atoms with Crippen LogP contribution in [0.4, 0.5) is 22.7 Å². The first-order valence-electron chi connectivity index (χ1n) is 33.3. The molecule has 0 atom stereocenters. The molecule has 1 aliphatic carbocycles. The Labute approximate surface area is 515 Å². The predicted octanol–water partition coefficient (Wildman–Crippen LogP) is 20.5. The van der Waals surface area contributed by atoms with E-state index in [9.17, 15) is 6.85 Å². The van der Waals surface area contributed by atoms with E-state index >= 15 is 0 Å². The number of ether oxygens (including phenoxy) is 1. The molecule has 0 radical (unpaired) electrons. The first-order valence-corrected chi connectivity index (χ1v) is 27.8.